The van der Waals surface area contributed by atoms with Crippen LogP contribution in [-0.4, -0.2) is 25.3 Å². The second-order valence-corrected chi connectivity index (χ2v) is 5.97. The first-order valence-corrected chi connectivity index (χ1v) is 6.93. The summed E-state index contributed by atoms with van der Waals surface area (Å²) in [7, 11) is 0. The van der Waals surface area contributed by atoms with Crippen LogP contribution in [0.15, 0.2) is 0 Å². The number of ether oxygens (including phenoxy) is 1. The molecule has 0 atom stereocenters. The van der Waals surface area contributed by atoms with E-state index in [-0.39, 0.29) is 5.41 Å². The molecule has 96 valence electrons. The Balaban J connectivity index is 1.73. The molecule has 0 aromatic heterocycles. The van der Waals surface area contributed by atoms with Crippen LogP contribution >= 0.6 is 0 Å². The summed E-state index contributed by atoms with van der Waals surface area (Å²) in [5.74, 6) is 0. The zero-order chi connectivity index (χ0) is 12.1. The van der Waals surface area contributed by atoms with Gasteiger partial charge in [-0.2, -0.15) is 5.26 Å². The van der Waals surface area contributed by atoms with Gasteiger partial charge in [-0.15, -0.1) is 0 Å². The summed E-state index contributed by atoms with van der Waals surface area (Å²) in [6.45, 7) is 4.09. The van der Waals surface area contributed by atoms with Gasteiger partial charge in [0.15, 0.2) is 0 Å². The van der Waals surface area contributed by atoms with E-state index in [9.17, 15) is 0 Å². The molecule has 1 saturated heterocycles. The first-order valence-electron chi connectivity index (χ1n) is 6.93. The highest BCUT2D eigenvalue weighted by atomic mass is 16.5. The van der Waals surface area contributed by atoms with E-state index in [0.29, 0.717) is 12.1 Å². The van der Waals surface area contributed by atoms with Gasteiger partial charge in [-0.1, -0.05) is 6.92 Å². The molecule has 1 aliphatic carbocycles. The van der Waals surface area contributed by atoms with Gasteiger partial charge < -0.3 is 10.1 Å². The van der Waals surface area contributed by atoms with Gasteiger partial charge in [0.05, 0.1) is 6.07 Å². The summed E-state index contributed by atoms with van der Waals surface area (Å²) in [4.78, 5) is 0. The van der Waals surface area contributed by atoms with Crippen molar-refractivity contribution in [2.75, 3.05) is 13.2 Å². The molecule has 0 amide bonds. The molecule has 2 rings (SSSR count). The first-order chi connectivity index (χ1) is 8.22. The predicted molar refractivity (Wildman–Crippen MR) is 67.6 cm³/mol. The molecule has 1 heterocycles. The van der Waals surface area contributed by atoms with Crippen molar-refractivity contribution in [2.24, 2.45) is 5.41 Å². The normalized spacial score (nSPS) is 35.4. The first kappa shape index (κ1) is 12.9. The zero-order valence-electron chi connectivity index (χ0n) is 10.9. The highest BCUT2D eigenvalue weighted by Crippen LogP contribution is 2.38. The minimum atomic E-state index is 0.280. The van der Waals surface area contributed by atoms with Crippen molar-refractivity contribution in [1.29, 1.82) is 5.26 Å². The summed E-state index contributed by atoms with van der Waals surface area (Å²) >= 11 is 0. The van der Waals surface area contributed by atoms with E-state index in [1.165, 1.54) is 25.7 Å². The summed E-state index contributed by atoms with van der Waals surface area (Å²) < 4.78 is 5.38. The topological polar surface area (TPSA) is 45.0 Å². The Morgan fingerprint density at radius 2 is 1.76 bits per heavy atom. The highest BCUT2D eigenvalue weighted by molar-refractivity contribution is 4.92. The minimum absolute atomic E-state index is 0.280. The SMILES string of the molecule is CC1(CC#N)CCC(NC2CCOCC2)CC1. The van der Waals surface area contributed by atoms with Crippen molar-refractivity contribution < 1.29 is 4.74 Å². The Labute approximate surface area is 105 Å². The maximum absolute atomic E-state index is 8.83. The van der Waals surface area contributed by atoms with Crippen molar-refractivity contribution in [1.82, 2.24) is 5.32 Å². The molecule has 0 aromatic carbocycles. The second-order valence-electron chi connectivity index (χ2n) is 5.97. The van der Waals surface area contributed by atoms with E-state index in [1.54, 1.807) is 0 Å². The molecule has 0 aromatic rings. The predicted octanol–water partition coefficient (Wildman–Crippen LogP) is 2.62. The maximum Gasteiger partial charge on any atom is 0.0627 e. The molecule has 17 heavy (non-hydrogen) atoms. The fourth-order valence-corrected chi connectivity index (χ4v) is 3.05. The fourth-order valence-electron chi connectivity index (χ4n) is 3.05. The van der Waals surface area contributed by atoms with Crippen LogP contribution < -0.4 is 5.32 Å². The Kier molecular flexibility index (Phi) is 4.42. The van der Waals surface area contributed by atoms with Crippen LogP contribution in [0.25, 0.3) is 0 Å². The van der Waals surface area contributed by atoms with E-state index in [4.69, 9.17) is 10.00 Å². The molecule has 0 spiro atoms. The van der Waals surface area contributed by atoms with E-state index in [1.807, 2.05) is 0 Å². The molecule has 1 aliphatic heterocycles. The molecule has 0 bridgehead atoms. The number of hydrogen-bond donors (Lipinski definition) is 1. The quantitative estimate of drug-likeness (QED) is 0.819. The van der Waals surface area contributed by atoms with Gasteiger partial charge in [0.1, 0.15) is 0 Å². The third-order valence-electron chi connectivity index (χ3n) is 4.39. The third-order valence-corrected chi connectivity index (χ3v) is 4.39. The molecule has 1 saturated carbocycles. The van der Waals surface area contributed by atoms with Crippen molar-refractivity contribution in [3.05, 3.63) is 0 Å². The molecular formula is C14H24N2O. The van der Waals surface area contributed by atoms with Crippen molar-refractivity contribution in [3.63, 3.8) is 0 Å². The van der Waals surface area contributed by atoms with Gasteiger partial charge in [-0.3, -0.25) is 0 Å². The minimum Gasteiger partial charge on any atom is -0.381 e. The summed E-state index contributed by atoms with van der Waals surface area (Å²) in [6.07, 6.45) is 7.89. The monoisotopic (exact) mass is 236 g/mol. The Morgan fingerprint density at radius 1 is 1.18 bits per heavy atom. The van der Waals surface area contributed by atoms with Crippen LogP contribution in [0, 0.1) is 16.7 Å². The summed E-state index contributed by atoms with van der Waals surface area (Å²) in [5, 5.41) is 12.6. The molecule has 2 fully saturated rings. The average Bonchev–Trinajstić information content (AvgIpc) is 2.34. The van der Waals surface area contributed by atoms with Gasteiger partial charge >= 0.3 is 0 Å². The summed E-state index contributed by atoms with van der Waals surface area (Å²) in [5.41, 5.74) is 0.280. The van der Waals surface area contributed by atoms with Crippen LogP contribution in [0.3, 0.4) is 0 Å². The number of nitrogens with zero attached hydrogens (tertiary/aromatic N) is 1. The van der Waals surface area contributed by atoms with Gasteiger partial charge in [0.25, 0.3) is 0 Å². The largest absolute Gasteiger partial charge is 0.381 e. The van der Waals surface area contributed by atoms with Gasteiger partial charge in [-0.05, 0) is 43.9 Å². The van der Waals surface area contributed by atoms with Crippen LogP contribution in [0.1, 0.15) is 51.9 Å². The third kappa shape index (κ3) is 3.69. The average molecular weight is 236 g/mol. The lowest BCUT2D eigenvalue weighted by Gasteiger charge is -2.38. The Hall–Kier alpha value is -0.590. The van der Waals surface area contributed by atoms with Crippen molar-refractivity contribution in [2.45, 2.75) is 64.0 Å². The van der Waals surface area contributed by atoms with Crippen LogP contribution in [-0.2, 0) is 4.74 Å². The van der Waals surface area contributed by atoms with E-state index >= 15 is 0 Å². The fraction of sp³-hybridized carbons (Fsp3) is 0.929. The second kappa shape index (κ2) is 5.84. The van der Waals surface area contributed by atoms with Gasteiger partial charge in [-0.25, -0.2) is 0 Å². The smallest absolute Gasteiger partial charge is 0.0627 e. The summed E-state index contributed by atoms with van der Waals surface area (Å²) in [6, 6.07) is 3.67. The molecule has 3 heteroatoms. The molecule has 1 N–H and O–H groups in total. The number of rotatable bonds is 3. The van der Waals surface area contributed by atoms with Crippen molar-refractivity contribution >= 4 is 0 Å². The number of nitrogens with one attached hydrogen (secondary N) is 1. The molecule has 0 unspecified atom stereocenters. The highest BCUT2D eigenvalue weighted by Gasteiger charge is 2.31. The van der Waals surface area contributed by atoms with E-state index in [0.717, 1.165) is 32.5 Å². The molecule has 0 radical (unpaired) electrons. The van der Waals surface area contributed by atoms with Crippen LogP contribution in [0.2, 0.25) is 0 Å². The van der Waals surface area contributed by atoms with Crippen LogP contribution in [0.4, 0.5) is 0 Å². The Morgan fingerprint density at radius 3 is 2.35 bits per heavy atom. The van der Waals surface area contributed by atoms with E-state index < -0.39 is 0 Å². The standard InChI is InChI=1S/C14H24N2O/c1-14(8-9-15)6-2-12(3-7-14)16-13-4-10-17-11-5-13/h12-13,16H,2-8,10-11H2,1H3. The molecule has 2 aliphatic rings. The van der Waals surface area contributed by atoms with E-state index in [2.05, 4.69) is 18.3 Å². The lowest BCUT2D eigenvalue weighted by molar-refractivity contribution is 0.0697. The maximum atomic E-state index is 8.83. The molecular weight excluding hydrogens is 212 g/mol. The lowest BCUT2D eigenvalue weighted by atomic mass is 9.72. The molecule has 3 nitrogen and oxygen atoms in total. The van der Waals surface area contributed by atoms with Gasteiger partial charge in [0, 0.05) is 31.7 Å². The lowest BCUT2D eigenvalue weighted by Crippen LogP contribution is -2.44. The van der Waals surface area contributed by atoms with Crippen LogP contribution in [0.5, 0.6) is 0 Å². The zero-order valence-corrected chi connectivity index (χ0v) is 10.9. The number of hydrogen-bond acceptors (Lipinski definition) is 3. The van der Waals surface area contributed by atoms with Crippen molar-refractivity contribution in [3.8, 4) is 6.07 Å². The Bertz CT molecular complexity index is 270. The number of nitriles is 1. The van der Waals surface area contributed by atoms with Gasteiger partial charge in [0.2, 0.25) is 0 Å².